The lowest BCUT2D eigenvalue weighted by atomic mass is 10.7. The van der Waals surface area contributed by atoms with Gasteiger partial charge in [-0.05, 0) is 54.4 Å². The summed E-state index contributed by atoms with van der Waals surface area (Å²) in [4.78, 5) is 0. The van der Waals surface area contributed by atoms with Crippen molar-refractivity contribution in [1.82, 2.24) is 0 Å². The van der Waals surface area contributed by atoms with Crippen LogP contribution >= 0.6 is 8.60 Å². The third-order valence-electron chi connectivity index (χ3n) is 5.45. The number of rotatable bonds is 24. The Labute approximate surface area is 214 Å². The Morgan fingerprint density at radius 2 is 0.500 bits per heavy atom. The molecule has 0 bridgehead atoms. The smallest absolute Gasteiger partial charge is 0.300 e. The Bertz CT molecular complexity index is 545. The minimum absolute atomic E-state index is 0.758. The van der Waals surface area contributed by atoms with Crippen LogP contribution < -0.4 is 0 Å². The van der Waals surface area contributed by atoms with Gasteiger partial charge in [-0.25, -0.2) is 0 Å². The quantitative estimate of drug-likeness (QED) is 0.0703. The Kier molecular flexibility index (Phi) is 17.2. The van der Waals surface area contributed by atoms with Gasteiger partial charge in [-0.15, -0.1) is 59.2 Å². The molecule has 0 aromatic heterocycles. The van der Waals surface area contributed by atoms with Gasteiger partial charge in [0.2, 0.25) is 25.0 Å². The van der Waals surface area contributed by atoms with E-state index in [0.29, 0.717) is 0 Å². The molecule has 0 aliphatic heterocycles. The molecule has 0 unspecified atom stereocenters. The molecule has 0 rings (SSSR count). The highest BCUT2D eigenvalue weighted by molar-refractivity contribution is 7.47. The zero-order chi connectivity index (χ0) is 25.9. The summed E-state index contributed by atoms with van der Waals surface area (Å²) in [5, 5.41) is 0. The highest BCUT2D eigenvalue weighted by Crippen LogP contribution is 2.54. The third kappa shape index (κ3) is 10.9. The molecule has 0 aromatic carbocycles. The zero-order valence-electron chi connectivity index (χ0n) is 21.1. The molecule has 0 saturated heterocycles. The second-order valence-electron chi connectivity index (χ2n) is 8.48. The van der Waals surface area contributed by atoms with E-state index in [0.717, 1.165) is 54.4 Å². The maximum atomic E-state index is 6.96. The van der Waals surface area contributed by atoms with Crippen molar-refractivity contribution in [3.8, 4) is 0 Å². The average Bonchev–Trinajstić information content (AvgIpc) is 2.75. The van der Waals surface area contributed by atoms with Crippen molar-refractivity contribution in [3.05, 3.63) is 114 Å². The summed E-state index contributed by atoms with van der Waals surface area (Å²) in [5.74, 6) is 0. The van der Waals surface area contributed by atoms with E-state index in [4.69, 9.17) is 12.6 Å². The van der Waals surface area contributed by atoms with Crippen LogP contribution in [0.5, 0.6) is 0 Å². The lowest BCUT2D eigenvalue weighted by Gasteiger charge is -2.41. The molecule has 3 nitrogen and oxygen atoms in total. The molecule has 0 aromatic rings. The second-order valence-corrected chi connectivity index (χ2v) is 21.9. The summed E-state index contributed by atoms with van der Waals surface area (Å²) in [6.07, 6.45) is 17.3. The molecule has 0 fully saturated rings. The van der Waals surface area contributed by atoms with E-state index in [1.165, 1.54) is 0 Å². The molecule has 0 aliphatic carbocycles. The molecule has 0 spiro atoms. The minimum atomic E-state index is -2.38. The fourth-order valence-corrected chi connectivity index (χ4v) is 18.1. The monoisotopic (exact) mass is 532 g/mol. The van der Waals surface area contributed by atoms with Gasteiger partial charge in [-0.1, -0.05) is 54.7 Å². The summed E-state index contributed by atoms with van der Waals surface area (Å²) in [6.45, 7) is 35.9. The minimum Gasteiger partial charge on any atom is -0.354 e. The molecule has 0 aliphatic rings. The number of hydrogen-bond donors (Lipinski definition) is 0. The fourth-order valence-electron chi connectivity index (χ4n) is 3.98. The van der Waals surface area contributed by atoms with Gasteiger partial charge in [-0.2, -0.15) is 0 Å². The molecule has 34 heavy (non-hydrogen) atoms. The molecule has 0 amide bonds. The normalized spacial score (nSPS) is 11.9. The maximum absolute atomic E-state index is 6.96. The fraction of sp³-hybridized carbons (Fsp3) is 0.333. The highest BCUT2D eigenvalue weighted by atomic mass is 31.2. The molecular formula is C27H45O3PSi3. The van der Waals surface area contributed by atoms with Gasteiger partial charge in [0.25, 0.3) is 8.60 Å². The van der Waals surface area contributed by atoms with E-state index in [-0.39, 0.29) is 0 Å². The van der Waals surface area contributed by atoms with Crippen LogP contribution in [0.1, 0.15) is 0 Å². The van der Waals surface area contributed by atoms with Crippen LogP contribution in [0.2, 0.25) is 54.4 Å². The van der Waals surface area contributed by atoms with Crippen molar-refractivity contribution in [2.24, 2.45) is 0 Å². The molecule has 0 atom stereocenters. The number of hydrogen-bond acceptors (Lipinski definition) is 3. The lowest BCUT2D eigenvalue weighted by Crippen LogP contribution is -2.42. The molecule has 7 heteroatoms. The van der Waals surface area contributed by atoms with Gasteiger partial charge in [-0.3, -0.25) is 0 Å². The van der Waals surface area contributed by atoms with Gasteiger partial charge in [0.15, 0.2) is 0 Å². The summed E-state index contributed by atoms with van der Waals surface area (Å²) in [5.41, 5.74) is 0. The largest absolute Gasteiger partial charge is 0.354 e. The Morgan fingerprint density at radius 1 is 0.353 bits per heavy atom. The standard InChI is InChI=1S/C27H45O3PSi3/c1-10-19-32(20-11-2,21-12-3)28-31(29-33(22-13-4,23-14-5)24-15-6)30-34(25-16-7,26-17-8)27-18-9/h10-18H,1-9,19-27H2. The molecular weight excluding hydrogens is 488 g/mol. The van der Waals surface area contributed by atoms with Crippen molar-refractivity contribution in [1.29, 1.82) is 0 Å². The van der Waals surface area contributed by atoms with Gasteiger partial charge in [0, 0.05) is 0 Å². The van der Waals surface area contributed by atoms with Crippen LogP contribution in [0.15, 0.2) is 114 Å². The van der Waals surface area contributed by atoms with Crippen molar-refractivity contribution in [2.75, 3.05) is 0 Å². The summed E-state index contributed by atoms with van der Waals surface area (Å²) in [6, 6.07) is 6.83. The molecule has 0 heterocycles. The average molecular weight is 533 g/mol. The third-order valence-corrected chi connectivity index (χ3v) is 21.2. The van der Waals surface area contributed by atoms with Gasteiger partial charge in [0.1, 0.15) is 0 Å². The van der Waals surface area contributed by atoms with Crippen molar-refractivity contribution in [2.45, 2.75) is 54.4 Å². The first-order chi connectivity index (χ1) is 16.3. The molecule has 0 saturated carbocycles. The highest BCUT2D eigenvalue weighted by Gasteiger charge is 2.45. The van der Waals surface area contributed by atoms with Crippen LogP contribution in [-0.4, -0.2) is 25.0 Å². The summed E-state index contributed by atoms with van der Waals surface area (Å²) < 4.78 is 20.9. The van der Waals surface area contributed by atoms with E-state index in [9.17, 15) is 0 Å². The van der Waals surface area contributed by atoms with E-state index in [1.54, 1.807) is 0 Å². The Hall–Kier alpha value is -1.38. The lowest BCUT2D eigenvalue weighted by molar-refractivity contribution is 0.371. The summed E-state index contributed by atoms with van der Waals surface area (Å²) >= 11 is 0. The first-order valence-electron chi connectivity index (χ1n) is 11.7. The van der Waals surface area contributed by atoms with Gasteiger partial charge < -0.3 is 12.6 Å². The van der Waals surface area contributed by atoms with Crippen molar-refractivity contribution in [3.63, 3.8) is 0 Å². The van der Waals surface area contributed by atoms with Crippen LogP contribution in [0, 0.1) is 0 Å². The topological polar surface area (TPSA) is 27.7 Å². The SMILES string of the molecule is C=CC[Si](CC=C)(CC=C)OP(O[Si](CC=C)(CC=C)CC=C)O[Si](CC=C)(CC=C)CC=C. The second kappa shape index (κ2) is 18.0. The Morgan fingerprint density at radius 3 is 0.618 bits per heavy atom. The first kappa shape index (κ1) is 32.6. The van der Waals surface area contributed by atoms with E-state index < -0.39 is 33.6 Å². The van der Waals surface area contributed by atoms with Crippen molar-refractivity contribution < 1.29 is 12.6 Å². The van der Waals surface area contributed by atoms with Gasteiger partial charge >= 0.3 is 0 Å². The van der Waals surface area contributed by atoms with Gasteiger partial charge in [0.05, 0.1) is 0 Å². The van der Waals surface area contributed by atoms with Crippen LogP contribution in [0.4, 0.5) is 0 Å². The van der Waals surface area contributed by atoms with Crippen LogP contribution in [-0.2, 0) is 12.6 Å². The Balaban J connectivity index is 6.64. The number of allylic oxidation sites excluding steroid dienone is 9. The molecule has 188 valence electrons. The maximum Gasteiger partial charge on any atom is 0.300 e. The van der Waals surface area contributed by atoms with Crippen LogP contribution in [0.25, 0.3) is 0 Å². The van der Waals surface area contributed by atoms with E-state index >= 15 is 0 Å². The summed E-state index contributed by atoms with van der Waals surface area (Å²) in [7, 11) is -8.82. The van der Waals surface area contributed by atoms with Crippen LogP contribution in [0.3, 0.4) is 0 Å². The van der Waals surface area contributed by atoms with E-state index in [1.807, 2.05) is 54.7 Å². The molecule has 0 N–H and O–H groups in total. The predicted molar refractivity (Wildman–Crippen MR) is 162 cm³/mol. The molecule has 0 radical (unpaired) electrons. The van der Waals surface area contributed by atoms with Crippen molar-refractivity contribution >= 4 is 33.6 Å². The first-order valence-corrected chi connectivity index (χ1v) is 20.4. The predicted octanol–water partition coefficient (Wildman–Crippen LogP) is 9.77. The zero-order valence-corrected chi connectivity index (χ0v) is 25.0. The van der Waals surface area contributed by atoms with E-state index in [2.05, 4.69) is 59.2 Å².